The fraction of sp³-hybridized carbons (Fsp3) is 0.143. The van der Waals surface area contributed by atoms with Gasteiger partial charge >= 0.3 is 18.0 Å². The first kappa shape index (κ1) is 24.1. The van der Waals surface area contributed by atoms with E-state index in [0.29, 0.717) is 5.56 Å². The summed E-state index contributed by atoms with van der Waals surface area (Å²) in [7, 11) is 0. The van der Waals surface area contributed by atoms with Gasteiger partial charge in [0.15, 0.2) is 6.61 Å². The molecule has 0 spiro atoms. The van der Waals surface area contributed by atoms with Gasteiger partial charge in [-0.1, -0.05) is 30.3 Å². The first-order valence-corrected chi connectivity index (χ1v) is 9.11. The van der Waals surface area contributed by atoms with Crippen molar-refractivity contribution in [1.29, 1.82) is 0 Å². The highest BCUT2D eigenvalue weighted by Gasteiger charge is 2.33. The molecule has 0 aliphatic carbocycles. The predicted molar refractivity (Wildman–Crippen MR) is 111 cm³/mol. The molecular formula is C21H19F3N4O4. The number of benzene rings is 2. The van der Waals surface area contributed by atoms with Crippen molar-refractivity contribution < 1.29 is 32.3 Å². The molecule has 3 N–H and O–H groups in total. The summed E-state index contributed by atoms with van der Waals surface area (Å²) < 4.78 is 44.3. The maximum absolute atomic E-state index is 13.0. The van der Waals surface area contributed by atoms with Crippen LogP contribution in [0.2, 0.25) is 0 Å². The van der Waals surface area contributed by atoms with Crippen LogP contribution in [0.4, 0.5) is 18.9 Å². The molecule has 0 saturated carbocycles. The molecule has 0 unspecified atom stereocenters. The minimum Gasteiger partial charge on any atom is -0.484 e. The average Bonchev–Trinajstić information content (AvgIpc) is 2.76. The van der Waals surface area contributed by atoms with Crippen molar-refractivity contribution >= 4 is 29.6 Å². The Morgan fingerprint density at radius 2 is 1.81 bits per heavy atom. The summed E-state index contributed by atoms with van der Waals surface area (Å²) in [6.45, 7) is 3.00. The molecule has 0 atom stereocenters. The zero-order chi connectivity index (χ0) is 23.6. The van der Waals surface area contributed by atoms with Crippen molar-refractivity contribution in [3.63, 3.8) is 0 Å². The molecule has 0 aromatic heterocycles. The van der Waals surface area contributed by atoms with Crippen LogP contribution in [0.3, 0.4) is 0 Å². The van der Waals surface area contributed by atoms with Gasteiger partial charge in [0.05, 0.1) is 17.5 Å². The Morgan fingerprint density at radius 1 is 1.06 bits per heavy atom. The van der Waals surface area contributed by atoms with Gasteiger partial charge in [-0.3, -0.25) is 14.4 Å². The number of nitrogens with zero attached hydrogens (tertiary/aromatic N) is 1. The van der Waals surface area contributed by atoms with Crippen LogP contribution in [0.5, 0.6) is 5.75 Å². The molecule has 0 aliphatic rings. The van der Waals surface area contributed by atoms with Crippen LogP contribution in [0.1, 0.15) is 11.1 Å². The lowest BCUT2D eigenvalue weighted by molar-refractivity contribution is -0.139. The second-order valence-corrected chi connectivity index (χ2v) is 6.15. The molecule has 2 aromatic rings. The molecule has 2 rings (SSSR count). The Balaban J connectivity index is 1.91. The molecular weight excluding hydrogens is 429 g/mol. The molecule has 0 heterocycles. The average molecular weight is 448 g/mol. The lowest BCUT2D eigenvalue weighted by Gasteiger charge is -2.13. The SMILES string of the molecule is C=CCNC(=O)C(=O)N/N=C\c1cccc(OCC(=O)Nc2ccccc2C(F)(F)F)c1. The minimum absolute atomic E-state index is 0.130. The van der Waals surface area contributed by atoms with Gasteiger partial charge in [-0.15, -0.1) is 6.58 Å². The molecule has 0 bridgehead atoms. The van der Waals surface area contributed by atoms with Gasteiger partial charge in [0.25, 0.3) is 5.91 Å². The second-order valence-electron chi connectivity index (χ2n) is 6.15. The number of ether oxygens (including phenoxy) is 1. The van der Waals surface area contributed by atoms with Crippen LogP contribution in [0.15, 0.2) is 66.3 Å². The fourth-order valence-corrected chi connectivity index (χ4v) is 2.32. The number of hydrogen-bond acceptors (Lipinski definition) is 5. The van der Waals surface area contributed by atoms with E-state index in [1.54, 1.807) is 12.1 Å². The van der Waals surface area contributed by atoms with E-state index in [-0.39, 0.29) is 18.0 Å². The van der Waals surface area contributed by atoms with Crippen molar-refractivity contribution in [2.45, 2.75) is 6.18 Å². The number of halogens is 3. The summed E-state index contributed by atoms with van der Waals surface area (Å²) in [6, 6.07) is 10.8. The van der Waals surface area contributed by atoms with Crippen molar-refractivity contribution in [1.82, 2.24) is 10.7 Å². The largest absolute Gasteiger partial charge is 0.484 e. The summed E-state index contributed by atoms with van der Waals surface area (Å²) in [6.07, 6.45) is -1.96. The highest BCUT2D eigenvalue weighted by Crippen LogP contribution is 2.34. The maximum Gasteiger partial charge on any atom is 0.418 e. The van der Waals surface area contributed by atoms with Gasteiger partial charge in [0.2, 0.25) is 0 Å². The number of nitrogens with one attached hydrogen (secondary N) is 3. The number of rotatable bonds is 8. The number of hydrogen-bond donors (Lipinski definition) is 3. The first-order chi connectivity index (χ1) is 15.2. The van der Waals surface area contributed by atoms with Gasteiger partial charge in [0.1, 0.15) is 5.75 Å². The second kappa shape index (κ2) is 11.3. The number of alkyl halides is 3. The summed E-state index contributed by atoms with van der Waals surface area (Å²) >= 11 is 0. The van der Waals surface area contributed by atoms with Gasteiger partial charge in [0, 0.05) is 6.54 Å². The molecule has 2 aromatic carbocycles. The highest BCUT2D eigenvalue weighted by atomic mass is 19.4. The van der Waals surface area contributed by atoms with Crippen LogP contribution in [0, 0.1) is 0 Å². The van der Waals surface area contributed by atoms with Crippen molar-refractivity contribution in [2.75, 3.05) is 18.5 Å². The molecule has 168 valence electrons. The number of para-hydroxylation sites is 1. The van der Waals surface area contributed by atoms with Crippen molar-refractivity contribution in [3.05, 3.63) is 72.3 Å². The monoisotopic (exact) mass is 448 g/mol. The maximum atomic E-state index is 13.0. The van der Waals surface area contributed by atoms with E-state index in [1.807, 2.05) is 5.43 Å². The fourth-order valence-electron chi connectivity index (χ4n) is 2.32. The molecule has 0 aliphatic heterocycles. The van der Waals surface area contributed by atoms with Crippen LogP contribution < -0.4 is 20.8 Å². The molecule has 0 fully saturated rings. The molecule has 11 heteroatoms. The van der Waals surface area contributed by atoms with E-state index in [2.05, 4.69) is 22.3 Å². The van der Waals surface area contributed by atoms with E-state index in [4.69, 9.17) is 4.74 Å². The lowest BCUT2D eigenvalue weighted by atomic mass is 10.1. The normalized spacial score (nSPS) is 11.0. The quantitative estimate of drug-likeness (QED) is 0.250. The Bertz CT molecular complexity index is 1020. The van der Waals surface area contributed by atoms with E-state index in [0.717, 1.165) is 12.1 Å². The number of amides is 3. The number of anilines is 1. The molecule has 0 saturated heterocycles. The lowest BCUT2D eigenvalue weighted by Crippen LogP contribution is -2.37. The highest BCUT2D eigenvalue weighted by molar-refractivity contribution is 6.35. The van der Waals surface area contributed by atoms with E-state index >= 15 is 0 Å². The van der Waals surface area contributed by atoms with E-state index in [1.165, 1.54) is 36.6 Å². The van der Waals surface area contributed by atoms with Gasteiger partial charge in [-0.25, -0.2) is 5.43 Å². The van der Waals surface area contributed by atoms with Crippen LogP contribution in [-0.4, -0.2) is 37.1 Å². The Labute approximate surface area is 181 Å². The van der Waals surface area contributed by atoms with Gasteiger partial charge in [-0.2, -0.15) is 18.3 Å². The topological polar surface area (TPSA) is 109 Å². The third-order valence-electron chi connectivity index (χ3n) is 3.73. The van der Waals surface area contributed by atoms with Gasteiger partial charge < -0.3 is 15.4 Å². The van der Waals surface area contributed by atoms with E-state index in [9.17, 15) is 27.6 Å². The van der Waals surface area contributed by atoms with Crippen molar-refractivity contribution in [3.8, 4) is 5.75 Å². The standard InChI is InChI=1S/C21H19F3N4O4/c1-2-10-25-19(30)20(31)28-26-12-14-6-5-7-15(11-14)32-13-18(29)27-17-9-4-3-8-16(17)21(22,23)24/h2-9,11-12H,1,10,13H2,(H,25,30)(H,27,29)(H,28,31)/b26-12-. The van der Waals surface area contributed by atoms with E-state index < -0.39 is 36.1 Å². The summed E-state index contributed by atoms with van der Waals surface area (Å²) in [5.74, 6) is -2.38. The third-order valence-corrected chi connectivity index (χ3v) is 3.73. The first-order valence-electron chi connectivity index (χ1n) is 9.11. The third kappa shape index (κ3) is 7.59. The van der Waals surface area contributed by atoms with Gasteiger partial charge in [-0.05, 0) is 29.8 Å². The van der Waals surface area contributed by atoms with Crippen LogP contribution in [-0.2, 0) is 20.6 Å². The summed E-state index contributed by atoms with van der Waals surface area (Å²) in [4.78, 5) is 34.9. The number of carbonyl (C=O) groups excluding carboxylic acids is 3. The zero-order valence-corrected chi connectivity index (χ0v) is 16.6. The van der Waals surface area contributed by atoms with Crippen LogP contribution in [0.25, 0.3) is 0 Å². The zero-order valence-electron chi connectivity index (χ0n) is 16.6. The Kier molecular flexibility index (Phi) is 8.52. The molecule has 32 heavy (non-hydrogen) atoms. The number of hydrazone groups is 1. The Hall–Kier alpha value is -4.15. The van der Waals surface area contributed by atoms with Crippen molar-refractivity contribution in [2.24, 2.45) is 5.10 Å². The Morgan fingerprint density at radius 3 is 2.53 bits per heavy atom. The molecule has 8 nitrogen and oxygen atoms in total. The summed E-state index contributed by atoms with van der Waals surface area (Å²) in [5.41, 5.74) is 1.17. The summed E-state index contributed by atoms with van der Waals surface area (Å²) in [5, 5.41) is 8.10. The molecule has 0 radical (unpaired) electrons. The molecule has 3 amide bonds. The van der Waals surface area contributed by atoms with Crippen LogP contribution >= 0.6 is 0 Å². The predicted octanol–water partition coefficient (Wildman–Crippen LogP) is 2.48. The smallest absolute Gasteiger partial charge is 0.418 e. The number of carbonyl (C=O) groups is 3. The minimum atomic E-state index is -4.61.